The topological polar surface area (TPSA) is 29.3 Å². The van der Waals surface area contributed by atoms with Crippen LogP contribution in [0.15, 0.2) is 42.5 Å². The van der Waals surface area contributed by atoms with E-state index in [-0.39, 0.29) is 6.04 Å². The number of hydrogen-bond acceptors (Lipinski definition) is 2. The second kappa shape index (κ2) is 5.55. The van der Waals surface area contributed by atoms with Gasteiger partial charge in [-0.25, -0.2) is 0 Å². The van der Waals surface area contributed by atoms with Crippen molar-refractivity contribution in [3.63, 3.8) is 0 Å². The maximum atomic E-state index is 6.38. The second-order valence-electron chi connectivity index (χ2n) is 6.41. The van der Waals surface area contributed by atoms with Crippen molar-refractivity contribution in [1.29, 1.82) is 0 Å². The predicted octanol–water partition coefficient (Wildman–Crippen LogP) is 3.43. The highest BCUT2D eigenvalue weighted by Crippen LogP contribution is 2.38. The van der Waals surface area contributed by atoms with Crippen LogP contribution in [0.4, 0.5) is 0 Å². The van der Waals surface area contributed by atoms with Gasteiger partial charge >= 0.3 is 0 Å². The summed E-state index contributed by atoms with van der Waals surface area (Å²) < 4.78 is 0. The summed E-state index contributed by atoms with van der Waals surface area (Å²) in [6.07, 6.45) is 1.38. The van der Waals surface area contributed by atoms with E-state index in [1.54, 1.807) is 0 Å². The fraction of sp³-hybridized carbons (Fsp3) is 0.444. The third-order valence-corrected chi connectivity index (χ3v) is 4.53. The first-order chi connectivity index (χ1) is 9.63. The average molecular weight is 268 g/mol. The molecule has 106 valence electrons. The molecule has 1 fully saturated rings. The molecule has 3 unspecified atom stereocenters. The van der Waals surface area contributed by atoms with Crippen molar-refractivity contribution < 1.29 is 0 Å². The Balaban J connectivity index is 1.66. The molecule has 0 aliphatic heterocycles. The zero-order valence-corrected chi connectivity index (χ0v) is 12.4. The molecule has 2 aromatic carbocycles. The molecule has 0 aromatic heterocycles. The Bertz CT molecular complexity index is 593. The lowest BCUT2D eigenvalue weighted by atomic mass is 10.0. The first-order valence-electron chi connectivity index (χ1n) is 7.56. The van der Waals surface area contributed by atoms with E-state index in [1.807, 2.05) is 0 Å². The number of nitrogens with two attached hydrogens (primary N) is 1. The van der Waals surface area contributed by atoms with Crippen LogP contribution < -0.4 is 5.73 Å². The second-order valence-corrected chi connectivity index (χ2v) is 6.41. The fourth-order valence-electron chi connectivity index (χ4n) is 3.01. The lowest BCUT2D eigenvalue weighted by molar-refractivity contribution is 0.296. The summed E-state index contributed by atoms with van der Waals surface area (Å²) >= 11 is 0. The van der Waals surface area contributed by atoms with Gasteiger partial charge in [0.15, 0.2) is 0 Å². The predicted molar refractivity (Wildman–Crippen MR) is 85.6 cm³/mol. The Morgan fingerprint density at radius 3 is 2.60 bits per heavy atom. The summed E-state index contributed by atoms with van der Waals surface area (Å²) in [6.45, 7) is 4.45. The minimum Gasteiger partial charge on any atom is -0.323 e. The van der Waals surface area contributed by atoms with E-state index in [1.165, 1.54) is 29.3 Å². The molecular formula is C18H24N2. The van der Waals surface area contributed by atoms with Crippen molar-refractivity contribution in [2.24, 2.45) is 17.6 Å². The Labute approximate surface area is 121 Å². The molecule has 2 N–H and O–H groups in total. The number of rotatable bonds is 5. The maximum Gasteiger partial charge on any atom is 0.0424 e. The van der Waals surface area contributed by atoms with Crippen molar-refractivity contribution in [2.75, 3.05) is 20.1 Å². The van der Waals surface area contributed by atoms with Gasteiger partial charge in [0.2, 0.25) is 0 Å². The van der Waals surface area contributed by atoms with Crippen molar-refractivity contribution >= 4 is 10.8 Å². The summed E-state index contributed by atoms with van der Waals surface area (Å²) in [5.74, 6) is 1.80. The van der Waals surface area contributed by atoms with Gasteiger partial charge in [0.1, 0.15) is 0 Å². The van der Waals surface area contributed by atoms with Gasteiger partial charge in [-0.3, -0.25) is 0 Å². The van der Waals surface area contributed by atoms with Crippen molar-refractivity contribution in [2.45, 2.75) is 19.4 Å². The minimum atomic E-state index is 0.0960. The van der Waals surface area contributed by atoms with Gasteiger partial charge in [-0.05, 0) is 47.7 Å². The number of likely N-dealkylation sites (N-methyl/N-ethyl adjacent to an activating group) is 1. The van der Waals surface area contributed by atoms with Gasteiger partial charge in [0.05, 0.1) is 0 Å². The van der Waals surface area contributed by atoms with Crippen LogP contribution in [-0.2, 0) is 0 Å². The van der Waals surface area contributed by atoms with E-state index in [4.69, 9.17) is 5.73 Å². The number of hydrogen-bond donors (Lipinski definition) is 1. The van der Waals surface area contributed by atoms with Crippen LogP contribution in [0, 0.1) is 11.8 Å². The summed E-state index contributed by atoms with van der Waals surface area (Å²) in [4.78, 5) is 2.38. The Morgan fingerprint density at radius 2 is 1.90 bits per heavy atom. The van der Waals surface area contributed by atoms with Crippen LogP contribution in [0.1, 0.15) is 24.9 Å². The van der Waals surface area contributed by atoms with Crippen molar-refractivity contribution in [3.8, 4) is 0 Å². The molecule has 2 nitrogen and oxygen atoms in total. The van der Waals surface area contributed by atoms with Gasteiger partial charge in [-0.1, -0.05) is 43.3 Å². The molecule has 1 saturated carbocycles. The molecule has 3 atom stereocenters. The first-order valence-corrected chi connectivity index (χ1v) is 7.56. The largest absolute Gasteiger partial charge is 0.323 e. The monoisotopic (exact) mass is 268 g/mol. The van der Waals surface area contributed by atoms with E-state index in [9.17, 15) is 0 Å². The van der Waals surface area contributed by atoms with Crippen LogP contribution in [0.5, 0.6) is 0 Å². The van der Waals surface area contributed by atoms with E-state index in [0.29, 0.717) is 0 Å². The SMILES string of the molecule is CC1CC1CN(C)CC(N)c1ccc2ccccc2c1. The quantitative estimate of drug-likeness (QED) is 0.900. The molecule has 20 heavy (non-hydrogen) atoms. The highest BCUT2D eigenvalue weighted by atomic mass is 15.1. The Hall–Kier alpha value is -1.38. The molecule has 0 saturated heterocycles. The zero-order chi connectivity index (χ0) is 14.1. The van der Waals surface area contributed by atoms with Gasteiger partial charge in [-0.15, -0.1) is 0 Å². The molecule has 0 bridgehead atoms. The lowest BCUT2D eigenvalue weighted by Gasteiger charge is -2.22. The Morgan fingerprint density at radius 1 is 1.20 bits per heavy atom. The fourth-order valence-corrected chi connectivity index (χ4v) is 3.01. The van der Waals surface area contributed by atoms with Crippen LogP contribution >= 0.6 is 0 Å². The zero-order valence-electron chi connectivity index (χ0n) is 12.4. The molecule has 1 aliphatic carbocycles. The van der Waals surface area contributed by atoms with Gasteiger partial charge < -0.3 is 10.6 Å². The van der Waals surface area contributed by atoms with Gasteiger partial charge in [-0.2, -0.15) is 0 Å². The number of nitrogens with zero attached hydrogens (tertiary/aromatic N) is 1. The third kappa shape index (κ3) is 3.02. The molecule has 0 amide bonds. The first kappa shape index (κ1) is 13.6. The smallest absolute Gasteiger partial charge is 0.0424 e. The number of benzene rings is 2. The van der Waals surface area contributed by atoms with Crippen LogP contribution in [-0.4, -0.2) is 25.0 Å². The molecule has 3 rings (SSSR count). The Kier molecular flexibility index (Phi) is 3.77. The lowest BCUT2D eigenvalue weighted by Crippen LogP contribution is -2.30. The summed E-state index contributed by atoms with van der Waals surface area (Å²) in [6, 6.07) is 15.1. The molecule has 0 radical (unpaired) electrons. The van der Waals surface area contributed by atoms with E-state index >= 15 is 0 Å². The van der Waals surface area contributed by atoms with E-state index < -0.39 is 0 Å². The third-order valence-electron chi connectivity index (χ3n) is 4.53. The molecule has 0 spiro atoms. The average Bonchev–Trinajstić information content (AvgIpc) is 3.13. The summed E-state index contributed by atoms with van der Waals surface area (Å²) in [5.41, 5.74) is 7.61. The molecule has 0 heterocycles. The van der Waals surface area contributed by atoms with Gasteiger partial charge in [0, 0.05) is 19.1 Å². The molecule has 2 heteroatoms. The van der Waals surface area contributed by atoms with E-state index in [0.717, 1.165) is 18.4 Å². The van der Waals surface area contributed by atoms with Crippen molar-refractivity contribution in [1.82, 2.24) is 4.90 Å². The normalized spacial score (nSPS) is 23.2. The van der Waals surface area contributed by atoms with E-state index in [2.05, 4.69) is 61.3 Å². The van der Waals surface area contributed by atoms with Crippen LogP contribution in [0.2, 0.25) is 0 Å². The maximum absolute atomic E-state index is 6.38. The summed E-state index contributed by atoms with van der Waals surface area (Å²) in [5, 5.41) is 2.56. The highest BCUT2D eigenvalue weighted by Gasteiger charge is 2.33. The highest BCUT2D eigenvalue weighted by molar-refractivity contribution is 5.83. The molecule has 2 aromatic rings. The number of fused-ring (bicyclic) bond motifs is 1. The molecular weight excluding hydrogens is 244 g/mol. The van der Waals surface area contributed by atoms with Gasteiger partial charge in [0.25, 0.3) is 0 Å². The standard InChI is InChI=1S/C18H24N2/c1-13-9-17(13)11-20(2)12-18(19)16-8-7-14-5-3-4-6-15(14)10-16/h3-8,10,13,17-18H,9,11-12,19H2,1-2H3. The van der Waals surface area contributed by atoms with Crippen LogP contribution in [0.3, 0.4) is 0 Å². The molecule has 1 aliphatic rings. The summed E-state index contributed by atoms with van der Waals surface area (Å²) in [7, 11) is 2.19. The minimum absolute atomic E-state index is 0.0960. The van der Waals surface area contributed by atoms with Crippen molar-refractivity contribution in [3.05, 3.63) is 48.0 Å². The van der Waals surface area contributed by atoms with Crippen LogP contribution in [0.25, 0.3) is 10.8 Å².